The molecular formula is C17H26N4. The molecule has 1 fully saturated rings. The fourth-order valence-corrected chi connectivity index (χ4v) is 3.69. The monoisotopic (exact) mass is 286 g/mol. The van der Waals surface area contributed by atoms with Crippen molar-refractivity contribution in [3.05, 3.63) is 30.3 Å². The van der Waals surface area contributed by atoms with Gasteiger partial charge in [-0.05, 0) is 51.8 Å². The number of hydrogen-bond acceptors (Lipinski definition) is 4. The summed E-state index contributed by atoms with van der Waals surface area (Å²) in [6, 6.07) is 11.1. The maximum atomic E-state index is 6.22. The number of hydrogen-bond donors (Lipinski definition) is 1. The van der Waals surface area contributed by atoms with Crippen LogP contribution in [0, 0.1) is 0 Å². The van der Waals surface area contributed by atoms with Crippen molar-refractivity contribution in [2.24, 2.45) is 10.7 Å². The van der Waals surface area contributed by atoms with E-state index in [1.165, 1.54) is 18.7 Å². The number of anilines is 1. The molecule has 1 aromatic carbocycles. The van der Waals surface area contributed by atoms with Gasteiger partial charge in [0.25, 0.3) is 0 Å². The standard InChI is InChI=1S/C17H26N4/c1-14(2)20-11-6-9-17(10-12-20)13-19-16(18)21(17)15-7-4-3-5-8-15/h3-5,7-8,14H,6,9-13H2,1-2H3,(H2,18,19). The summed E-state index contributed by atoms with van der Waals surface area (Å²) >= 11 is 0. The van der Waals surface area contributed by atoms with Gasteiger partial charge in [0, 0.05) is 18.3 Å². The van der Waals surface area contributed by atoms with Gasteiger partial charge in [-0.2, -0.15) is 0 Å². The van der Waals surface area contributed by atoms with Crippen LogP contribution >= 0.6 is 0 Å². The topological polar surface area (TPSA) is 44.9 Å². The predicted molar refractivity (Wildman–Crippen MR) is 88.7 cm³/mol. The lowest BCUT2D eigenvalue weighted by atomic mass is 9.89. The minimum absolute atomic E-state index is 0.0784. The van der Waals surface area contributed by atoms with Gasteiger partial charge in [-0.15, -0.1) is 0 Å². The Kier molecular flexibility index (Phi) is 3.89. The van der Waals surface area contributed by atoms with Crippen LogP contribution in [0.1, 0.15) is 33.1 Å². The lowest BCUT2D eigenvalue weighted by molar-refractivity contribution is 0.226. The molecule has 21 heavy (non-hydrogen) atoms. The summed E-state index contributed by atoms with van der Waals surface area (Å²) < 4.78 is 0. The summed E-state index contributed by atoms with van der Waals surface area (Å²) in [6.07, 6.45) is 3.50. The second-order valence-electron chi connectivity index (χ2n) is 6.55. The van der Waals surface area contributed by atoms with Gasteiger partial charge in [0.15, 0.2) is 5.96 Å². The summed E-state index contributed by atoms with van der Waals surface area (Å²) in [5, 5.41) is 0. The summed E-state index contributed by atoms with van der Waals surface area (Å²) in [6.45, 7) is 7.71. The highest BCUT2D eigenvalue weighted by Crippen LogP contribution is 2.36. The average Bonchev–Trinajstić information content (AvgIpc) is 2.67. The number of aliphatic imine (C=N–C) groups is 1. The number of guanidine groups is 1. The van der Waals surface area contributed by atoms with E-state index in [1.807, 2.05) is 6.07 Å². The zero-order chi connectivity index (χ0) is 14.9. The average molecular weight is 286 g/mol. The van der Waals surface area contributed by atoms with Gasteiger partial charge in [-0.1, -0.05) is 18.2 Å². The Morgan fingerprint density at radius 1 is 1.14 bits per heavy atom. The van der Waals surface area contributed by atoms with Gasteiger partial charge >= 0.3 is 0 Å². The highest BCUT2D eigenvalue weighted by atomic mass is 15.4. The summed E-state index contributed by atoms with van der Waals surface area (Å²) in [4.78, 5) is 9.45. The van der Waals surface area contributed by atoms with E-state index < -0.39 is 0 Å². The van der Waals surface area contributed by atoms with Crippen LogP contribution in [0.25, 0.3) is 0 Å². The molecule has 2 aliphatic rings. The third-order valence-corrected chi connectivity index (χ3v) is 4.94. The second kappa shape index (κ2) is 5.68. The van der Waals surface area contributed by atoms with E-state index in [2.05, 4.69) is 52.9 Å². The molecule has 4 nitrogen and oxygen atoms in total. The van der Waals surface area contributed by atoms with Crippen molar-refractivity contribution in [3.8, 4) is 0 Å². The van der Waals surface area contributed by atoms with Gasteiger partial charge in [-0.3, -0.25) is 4.99 Å². The predicted octanol–water partition coefficient (Wildman–Crippen LogP) is 2.45. The van der Waals surface area contributed by atoms with Gasteiger partial charge in [0.2, 0.25) is 0 Å². The number of nitrogens with zero attached hydrogens (tertiary/aromatic N) is 3. The van der Waals surface area contributed by atoms with E-state index in [9.17, 15) is 0 Å². The van der Waals surface area contributed by atoms with Crippen molar-refractivity contribution < 1.29 is 0 Å². The molecule has 114 valence electrons. The molecule has 0 aromatic heterocycles. The first kappa shape index (κ1) is 14.4. The van der Waals surface area contributed by atoms with Crippen LogP contribution in [0.3, 0.4) is 0 Å². The van der Waals surface area contributed by atoms with E-state index in [0.717, 1.165) is 25.9 Å². The minimum atomic E-state index is 0.0784. The molecule has 1 aromatic rings. The molecule has 0 radical (unpaired) electrons. The molecule has 1 saturated heterocycles. The van der Waals surface area contributed by atoms with Crippen molar-refractivity contribution in [1.82, 2.24) is 4.90 Å². The van der Waals surface area contributed by atoms with Crippen LogP contribution in [0.5, 0.6) is 0 Å². The van der Waals surface area contributed by atoms with Gasteiger partial charge in [0.05, 0.1) is 12.1 Å². The normalized spacial score (nSPS) is 27.2. The van der Waals surface area contributed by atoms with Crippen molar-refractivity contribution in [2.45, 2.75) is 44.7 Å². The third kappa shape index (κ3) is 2.64. The number of likely N-dealkylation sites (tertiary alicyclic amines) is 1. The molecule has 2 aliphatic heterocycles. The van der Waals surface area contributed by atoms with Crippen LogP contribution < -0.4 is 10.6 Å². The molecular weight excluding hydrogens is 260 g/mol. The Morgan fingerprint density at radius 3 is 2.62 bits per heavy atom. The lowest BCUT2D eigenvalue weighted by Crippen LogP contribution is -2.52. The molecule has 1 spiro atoms. The Morgan fingerprint density at radius 2 is 1.90 bits per heavy atom. The molecule has 3 rings (SSSR count). The van der Waals surface area contributed by atoms with Crippen molar-refractivity contribution in [3.63, 3.8) is 0 Å². The van der Waals surface area contributed by atoms with Crippen molar-refractivity contribution in [1.29, 1.82) is 0 Å². The van der Waals surface area contributed by atoms with Gasteiger partial charge in [-0.25, -0.2) is 0 Å². The van der Waals surface area contributed by atoms with Crippen LogP contribution in [0.2, 0.25) is 0 Å². The van der Waals surface area contributed by atoms with Gasteiger partial charge in [0.1, 0.15) is 0 Å². The SMILES string of the molecule is CC(C)N1CCCC2(CC1)CN=C(N)N2c1ccccc1. The van der Waals surface area contributed by atoms with Crippen LogP contribution in [-0.2, 0) is 0 Å². The Labute approximate surface area is 127 Å². The van der Waals surface area contributed by atoms with E-state index >= 15 is 0 Å². The maximum Gasteiger partial charge on any atom is 0.196 e. The van der Waals surface area contributed by atoms with E-state index in [-0.39, 0.29) is 5.54 Å². The van der Waals surface area contributed by atoms with Crippen LogP contribution in [0.15, 0.2) is 35.3 Å². The number of nitrogens with two attached hydrogens (primary N) is 1. The summed E-state index contributed by atoms with van der Waals surface area (Å²) in [5.74, 6) is 0.680. The lowest BCUT2D eigenvalue weighted by Gasteiger charge is -2.39. The zero-order valence-corrected chi connectivity index (χ0v) is 13.1. The first-order valence-electron chi connectivity index (χ1n) is 8.02. The molecule has 2 heterocycles. The molecule has 0 saturated carbocycles. The van der Waals surface area contributed by atoms with Crippen LogP contribution in [-0.4, -0.2) is 42.1 Å². The fourth-order valence-electron chi connectivity index (χ4n) is 3.69. The van der Waals surface area contributed by atoms with E-state index in [1.54, 1.807) is 0 Å². The third-order valence-electron chi connectivity index (χ3n) is 4.94. The van der Waals surface area contributed by atoms with Crippen molar-refractivity contribution >= 4 is 11.6 Å². The Bertz CT molecular complexity index is 511. The molecule has 0 amide bonds. The molecule has 0 bridgehead atoms. The fraction of sp³-hybridized carbons (Fsp3) is 0.588. The summed E-state index contributed by atoms with van der Waals surface area (Å²) in [7, 11) is 0. The zero-order valence-electron chi connectivity index (χ0n) is 13.1. The smallest absolute Gasteiger partial charge is 0.196 e. The maximum absolute atomic E-state index is 6.22. The Balaban J connectivity index is 1.86. The highest BCUT2D eigenvalue weighted by molar-refractivity contribution is 5.98. The second-order valence-corrected chi connectivity index (χ2v) is 6.55. The molecule has 2 N–H and O–H groups in total. The molecule has 1 unspecified atom stereocenters. The minimum Gasteiger partial charge on any atom is -0.369 e. The van der Waals surface area contributed by atoms with E-state index in [4.69, 9.17) is 5.73 Å². The highest BCUT2D eigenvalue weighted by Gasteiger charge is 2.43. The first-order chi connectivity index (χ1) is 10.1. The van der Waals surface area contributed by atoms with Crippen LogP contribution in [0.4, 0.5) is 5.69 Å². The number of rotatable bonds is 2. The summed E-state index contributed by atoms with van der Waals surface area (Å²) in [5.41, 5.74) is 7.48. The first-order valence-corrected chi connectivity index (χ1v) is 8.02. The van der Waals surface area contributed by atoms with E-state index in [0.29, 0.717) is 12.0 Å². The number of benzene rings is 1. The Hall–Kier alpha value is -1.55. The van der Waals surface area contributed by atoms with Gasteiger partial charge < -0.3 is 15.5 Å². The molecule has 4 heteroatoms. The largest absolute Gasteiger partial charge is 0.369 e. The quantitative estimate of drug-likeness (QED) is 0.908. The van der Waals surface area contributed by atoms with Crippen molar-refractivity contribution in [2.75, 3.05) is 24.5 Å². The molecule has 0 aliphatic carbocycles. The molecule has 1 atom stereocenters. The number of para-hydroxylation sites is 1.